The fraction of sp³-hybridized carbons (Fsp3) is 0.562. The molecule has 0 aromatic heterocycles. The first-order valence-electron chi connectivity index (χ1n) is 7.37. The van der Waals surface area contributed by atoms with Crippen molar-refractivity contribution in [2.24, 2.45) is 11.7 Å². The molecule has 20 heavy (non-hydrogen) atoms. The van der Waals surface area contributed by atoms with Crippen molar-refractivity contribution in [3.8, 4) is 0 Å². The van der Waals surface area contributed by atoms with Crippen molar-refractivity contribution in [3.63, 3.8) is 0 Å². The van der Waals surface area contributed by atoms with E-state index in [4.69, 9.17) is 5.73 Å². The Hall–Kier alpha value is -1.55. The van der Waals surface area contributed by atoms with Gasteiger partial charge in [-0.2, -0.15) is 0 Å². The predicted octanol–water partition coefficient (Wildman–Crippen LogP) is 2.00. The molecule has 1 aliphatic carbocycles. The van der Waals surface area contributed by atoms with Crippen molar-refractivity contribution in [1.29, 1.82) is 0 Å². The summed E-state index contributed by atoms with van der Waals surface area (Å²) in [6.45, 7) is 0.735. The van der Waals surface area contributed by atoms with Gasteiger partial charge in [0.1, 0.15) is 0 Å². The zero-order chi connectivity index (χ0) is 14.5. The van der Waals surface area contributed by atoms with Crippen molar-refractivity contribution in [3.05, 3.63) is 29.8 Å². The Balaban J connectivity index is 1.89. The maximum absolute atomic E-state index is 12.2. The molecule has 0 saturated heterocycles. The highest BCUT2D eigenvalue weighted by molar-refractivity contribution is 5.95. The zero-order valence-electron chi connectivity index (χ0n) is 12.4. The van der Waals surface area contributed by atoms with Gasteiger partial charge < -0.3 is 16.0 Å². The molecule has 0 spiro atoms. The number of nitrogens with two attached hydrogens (primary N) is 1. The number of carbonyl (C=O) groups excluding carboxylic acids is 1. The highest BCUT2D eigenvalue weighted by atomic mass is 16.1. The van der Waals surface area contributed by atoms with Gasteiger partial charge in [0.05, 0.1) is 0 Å². The summed E-state index contributed by atoms with van der Waals surface area (Å²) < 4.78 is 0. The number of benzene rings is 1. The topological polar surface area (TPSA) is 58.4 Å². The van der Waals surface area contributed by atoms with Crippen LogP contribution in [0, 0.1) is 5.92 Å². The smallest absolute Gasteiger partial charge is 0.251 e. The first-order chi connectivity index (χ1) is 9.56. The van der Waals surface area contributed by atoms with E-state index in [0.29, 0.717) is 12.0 Å². The second-order valence-corrected chi connectivity index (χ2v) is 5.95. The van der Waals surface area contributed by atoms with Gasteiger partial charge >= 0.3 is 0 Å². The molecular formula is C16H25N3O. The van der Waals surface area contributed by atoms with E-state index in [1.54, 1.807) is 0 Å². The minimum atomic E-state index is 0.00726. The van der Waals surface area contributed by atoms with Gasteiger partial charge in [-0.05, 0) is 43.4 Å². The summed E-state index contributed by atoms with van der Waals surface area (Å²) in [4.78, 5) is 14.2. The van der Waals surface area contributed by atoms with Crippen LogP contribution in [0.25, 0.3) is 0 Å². The molecule has 110 valence electrons. The standard InChI is InChI=1S/C16H25N3O/c1-19(2)15-8-4-6-13(10-15)16(20)18-11-12-5-3-7-14(17)9-12/h4,6,8,10,12,14H,3,5,7,9,11,17H2,1-2H3,(H,18,20). The van der Waals surface area contributed by atoms with Crippen molar-refractivity contribution in [2.75, 3.05) is 25.5 Å². The van der Waals surface area contributed by atoms with Crippen molar-refractivity contribution >= 4 is 11.6 Å². The van der Waals surface area contributed by atoms with Crippen LogP contribution in [-0.4, -0.2) is 32.6 Å². The summed E-state index contributed by atoms with van der Waals surface area (Å²) in [5.41, 5.74) is 7.74. The summed E-state index contributed by atoms with van der Waals surface area (Å²) in [7, 11) is 3.95. The second kappa shape index (κ2) is 6.75. The molecule has 0 aliphatic heterocycles. The molecule has 1 saturated carbocycles. The molecule has 1 amide bonds. The first kappa shape index (κ1) is 14.9. The van der Waals surface area contributed by atoms with Crippen LogP contribution in [0.5, 0.6) is 0 Å². The quantitative estimate of drug-likeness (QED) is 0.883. The maximum Gasteiger partial charge on any atom is 0.251 e. The summed E-state index contributed by atoms with van der Waals surface area (Å²) in [6, 6.07) is 8.00. The third-order valence-corrected chi connectivity index (χ3v) is 4.00. The number of nitrogens with zero attached hydrogens (tertiary/aromatic N) is 1. The van der Waals surface area contributed by atoms with E-state index in [2.05, 4.69) is 5.32 Å². The van der Waals surface area contributed by atoms with E-state index in [1.807, 2.05) is 43.3 Å². The zero-order valence-corrected chi connectivity index (χ0v) is 12.4. The normalized spacial score (nSPS) is 22.4. The molecule has 1 aliphatic rings. The predicted molar refractivity (Wildman–Crippen MR) is 83.0 cm³/mol. The van der Waals surface area contributed by atoms with Crippen molar-refractivity contribution in [1.82, 2.24) is 5.32 Å². The lowest BCUT2D eigenvalue weighted by Crippen LogP contribution is -2.35. The van der Waals surface area contributed by atoms with E-state index in [0.717, 1.165) is 30.6 Å². The van der Waals surface area contributed by atoms with Gasteiger partial charge in [-0.15, -0.1) is 0 Å². The highest BCUT2D eigenvalue weighted by Gasteiger charge is 2.19. The lowest BCUT2D eigenvalue weighted by atomic mass is 9.86. The Morgan fingerprint density at radius 3 is 2.90 bits per heavy atom. The van der Waals surface area contributed by atoms with Gasteiger partial charge in [-0.25, -0.2) is 0 Å². The highest BCUT2D eigenvalue weighted by Crippen LogP contribution is 2.22. The Kier molecular flexibility index (Phi) is 5.01. The van der Waals surface area contributed by atoms with E-state index >= 15 is 0 Å². The summed E-state index contributed by atoms with van der Waals surface area (Å²) >= 11 is 0. The number of anilines is 1. The molecule has 1 aromatic rings. The number of hydrogen-bond donors (Lipinski definition) is 2. The van der Waals surface area contributed by atoms with Crippen LogP contribution < -0.4 is 16.0 Å². The lowest BCUT2D eigenvalue weighted by molar-refractivity contribution is 0.0942. The van der Waals surface area contributed by atoms with Gasteiger partial charge in [0.2, 0.25) is 0 Å². The van der Waals surface area contributed by atoms with E-state index in [-0.39, 0.29) is 5.91 Å². The van der Waals surface area contributed by atoms with Crippen LogP contribution >= 0.6 is 0 Å². The van der Waals surface area contributed by atoms with Crippen molar-refractivity contribution in [2.45, 2.75) is 31.7 Å². The molecular weight excluding hydrogens is 250 g/mol. The van der Waals surface area contributed by atoms with Gasteiger partial charge in [-0.1, -0.05) is 12.5 Å². The van der Waals surface area contributed by atoms with Crippen LogP contribution in [0.3, 0.4) is 0 Å². The number of amides is 1. The molecule has 2 rings (SSSR count). The minimum Gasteiger partial charge on any atom is -0.378 e. The monoisotopic (exact) mass is 275 g/mol. The Morgan fingerprint density at radius 1 is 1.40 bits per heavy atom. The molecule has 0 bridgehead atoms. The third kappa shape index (κ3) is 3.97. The fourth-order valence-electron chi connectivity index (χ4n) is 2.78. The van der Waals surface area contributed by atoms with E-state index in [9.17, 15) is 4.79 Å². The average Bonchev–Trinajstić information content (AvgIpc) is 2.45. The first-order valence-corrected chi connectivity index (χ1v) is 7.37. The maximum atomic E-state index is 12.2. The molecule has 2 unspecified atom stereocenters. The molecule has 0 heterocycles. The molecule has 4 nitrogen and oxygen atoms in total. The number of nitrogens with one attached hydrogen (secondary N) is 1. The second-order valence-electron chi connectivity index (χ2n) is 5.95. The Labute approximate surface area is 121 Å². The molecule has 1 aromatic carbocycles. The van der Waals surface area contributed by atoms with Crippen molar-refractivity contribution < 1.29 is 4.79 Å². The molecule has 0 radical (unpaired) electrons. The number of carbonyl (C=O) groups is 1. The van der Waals surface area contributed by atoms with Crippen LogP contribution in [0.4, 0.5) is 5.69 Å². The third-order valence-electron chi connectivity index (χ3n) is 4.00. The van der Waals surface area contributed by atoms with E-state index in [1.165, 1.54) is 12.8 Å². The number of hydrogen-bond acceptors (Lipinski definition) is 3. The fourth-order valence-corrected chi connectivity index (χ4v) is 2.78. The number of rotatable bonds is 4. The molecule has 4 heteroatoms. The minimum absolute atomic E-state index is 0.00726. The van der Waals surface area contributed by atoms with Crippen LogP contribution in [0.1, 0.15) is 36.0 Å². The van der Waals surface area contributed by atoms with Gasteiger partial charge in [0.15, 0.2) is 0 Å². The summed E-state index contributed by atoms with van der Waals surface area (Å²) in [5.74, 6) is 0.535. The lowest BCUT2D eigenvalue weighted by Gasteiger charge is -2.26. The summed E-state index contributed by atoms with van der Waals surface area (Å²) in [5, 5.41) is 3.04. The van der Waals surface area contributed by atoms with E-state index < -0.39 is 0 Å². The average molecular weight is 275 g/mol. The largest absolute Gasteiger partial charge is 0.378 e. The SMILES string of the molecule is CN(C)c1cccc(C(=O)NCC2CCCC(N)C2)c1. The van der Waals surface area contributed by atoms with Gasteiger partial charge in [-0.3, -0.25) is 4.79 Å². The van der Waals surface area contributed by atoms with Crippen LogP contribution in [0.2, 0.25) is 0 Å². The molecule has 3 N–H and O–H groups in total. The van der Waals surface area contributed by atoms with Gasteiger partial charge in [0, 0.05) is 37.9 Å². The molecule has 2 atom stereocenters. The van der Waals surface area contributed by atoms with Gasteiger partial charge in [0.25, 0.3) is 5.91 Å². The Bertz CT molecular complexity index is 459. The van der Waals surface area contributed by atoms with Crippen LogP contribution in [-0.2, 0) is 0 Å². The van der Waals surface area contributed by atoms with Crippen LogP contribution in [0.15, 0.2) is 24.3 Å². The Morgan fingerprint density at radius 2 is 2.20 bits per heavy atom. The molecule has 1 fully saturated rings. The summed E-state index contributed by atoms with van der Waals surface area (Å²) in [6.07, 6.45) is 4.50.